The fourth-order valence-corrected chi connectivity index (χ4v) is 4.31. The Kier molecular flexibility index (Phi) is 6.54. The molecule has 0 spiro atoms. The van der Waals surface area contributed by atoms with E-state index in [1.807, 2.05) is 24.3 Å². The van der Waals surface area contributed by atoms with Crippen LogP contribution in [0.15, 0.2) is 51.8 Å². The number of carbonyl (C=O) groups is 1. The van der Waals surface area contributed by atoms with Crippen molar-refractivity contribution in [1.82, 2.24) is 10.0 Å². The highest BCUT2D eigenvalue weighted by molar-refractivity contribution is 9.10. The normalized spacial score (nSPS) is 12.8. The summed E-state index contributed by atoms with van der Waals surface area (Å²) in [5, 5.41) is 2.69. The van der Waals surface area contributed by atoms with Crippen LogP contribution < -0.4 is 10.0 Å². The lowest BCUT2D eigenvalue weighted by atomic mass is 10.1. The van der Waals surface area contributed by atoms with Crippen molar-refractivity contribution in [3.05, 3.63) is 63.9 Å². The number of carbonyl (C=O) groups excluding carboxylic acids is 1. The molecule has 0 bridgehead atoms. The van der Waals surface area contributed by atoms with Gasteiger partial charge in [0.25, 0.3) is 5.91 Å². The van der Waals surface area contributed by atoms with Gasteiger partial charge in [-0.3, -0.25) is 4.79 Å². The molecule has 1 amide bonds. The van der Waals surface area contributed by atoms with Crippen molar-refractivity contribution in [3.8, 4) is 0 Å². The highest BCUT2D eigenvalue weighted by Crippen LogP contribution is 2.23. The molecule has 2 aromatic carbocycles. The first-order valence-corrected chi connectivity index (χ1v) is 10.3. The van der Waals surface area contributed by atoms with E-state index in [4.69, 9.17) is 0 Å². The van der Waals surface area contributed by atoms with Crippen molar-refractivity contribution in [2.24, 2.45) is 0 Å². The summed E-state index contributed by atoms with van der Waals surface area (Å²) >= 11 is 3.41. The van der Waals surface area contributed by atoms with E-state index in [2.05, 4.69) is 26.0 Å². The van der Waals surface area contributed by atoms with Crippen LogP contribution in [0.4, 0.5) is 4.39 Å². The van der Waals surface area contributed by atoms with Crippen molar-refractivity contribution < 1.29 is 17.6 Å². The molecule has 140 valence electrons. The van der Waals surface area contributed by atoms with Gasteiger partial charge < -0.3 is 5.32 Å². The van der Waals surface area contributed by atoms with E-state index in [0.29, 0.717) is 0 Å². The topological polar surface area (TPSA) is 75.3 Å². The van der Waals surface area contributed by atoms with Crippen LogP contribution in [0.3, 0.4) is 0 Å². The maximum atomic E-state index is 14.1. The molecule has 0 aliphatic carbocycles. The third-order valence-corrected chi connectivity index (χ3v) is 5.98. The molecule has 0 aromatic heterocycles. The summed E-state index contributed by atoms with van der Waals surface area (Å²) in [6.07, 6.45) is 0. The molecule has 2 rings (SSSR count). The quantitative estimate of drug-likeness (QED) is 0.714. The Hall–Kier alpha value is -1.77. The van der Waals surface area contributed by atoms with E-state index in [1.165, 1.54) is 0 Å². The van der Waals surface area contributed by atoms with Gasteiger partial charge in [0, 0.05) is 10.5 Å². The minimum absolute atomic E-state index is 0.161. The smallest absolute Gasteiger partial charge is 0.254 e. The van der Waals surface area contributed by atoms with Gasteiger partial charge in [0.1, 0.15) is 5.82 Å². The van der Waals surface area contributed by atoms with Crippen LogP contribution in [0.2, 0.25) is 0 Å². The standard InChI is InChI=1S/C18H20BrFN2O3S/c1-11(2)22-26(24,25)13-8-9-17(20)15(10-13)18(23)21-12(3)14-6-4-5-7-16(14)19/h4-12,22H,1-3H3,(H,21,23). The zero-order chi connectivity index (χ0) is 19.5. The molecule has 0 fully saturated rings. The summed E-state index contributed by atoms with van der Waals surface area (Å²) < 4.78 is 41.8. The lowest BCUT2D eigenvalue weighted by molar-refractivity contribution is 0.0935. The summed E-state index contributed by atoms with van der Waals surface area (Å²) in [6.45, 7) is 5.11. The van der Waals surface area contributed by atoms with E-state index in [-0.39, 0.29) is 16.5 Å². The second-order valence-electron chi connectivity index (χ2n) is 6.13. The third-order valence-electron chi connectivity index (χ3n) is 3.60. The van der Waals surface area contributed by atoms with Crippen LogP contribution in [0.25, 0.3) is 0 Å². The number of sulfonamides is 1. The molecule has 2 aromatic rings. The predicted octanol–water partition coefficient (Wildman–Crippen LogP) is 3.77. The molecule has 0 aliphatic heterocycles. The van der Waals surface area contributed by atoms with E-state index < -0.39 is 27.8 Å². The average Bonchev–Trinajstić information content (AvgIpc) is 2.54. The molecule has 26 heavy (non-hydrogen) atoms. The van der Waals surface area contributed by atoms with Crippen molar-refractivity contribution >= 4 is 31.9 Å². The Morgan fingerprint density at radius 1 is 1.12 bits per heavy atom. The zero-order valence-corrected chi connectivity index (χ0v) is 17.0. The van der Waals surface area contributed by atoms with Gasteiger partial charge in [-0.05, 0) is 50.6 Å². The van der Waals surface area contributed by atoms with Gasteiger partial charge in [-0.15, -0.1) is 0 Å². The van der Waals surface area contributed by atoms with Crippen LogP contribution in [0.1, 0.15) is 42.7 Å². The molecule has 0 saturated carbocycles. The summed E-state index contributed by atoms with van der Waals surface area (Å²) in [5.41, 5.74) is 0.502. The van der Waals surface area contributed by atoms with Crippen LogP contribution in [-0.2, 0) is 10.0 Å². The first-order chi connectivity index (χ1) is 12.1. The van der Waals surface area contributed by atoms with E-state index in [1.54, 1.807) is 20.8 Å². The highest BCUT2D eigenvalue weighted by atomic mass is 79.9. The lowest BCUT2D eigenvalue weighted by Gasteiger charge is -2.17. The van der Waals surface area contributed by atoms with Gasteiger partial charge in [0.05, 0.1) is 16.5 Å². The number of benzene rings is 2. The molecule has 0 heterocycles. The Labute approximate surface area is 161 Å². The maximum absolute atomic E-state index is 14.1. The summed E-state index contributed by atoms with van der Waals surface area (Å²) in [4.78, 5) is 12.3. The first-order valence-electron chi connectivity index (χ1n) is 7.99. The second-order valence-corrected chi connectivity index (χ2v) is 8.70. The molecule has 1 atom stereocenters. The number of hydrogen-bond donors (Lipinski definition) is 2. The molecule has 0 aliphatic rings. The Morgan fingerprint density at radius 3 is 2.38 bits per heavy atom. The largest absolute Gasteiger partial charge is 0.345 e. The molecule has 5 nitrogen and oxygen atoms in total. The Morgan fingerprint density at radius 2 is 1.77 bits per heavy atom. The fourth-order valence-electron chi connectivity index (χ4n) is 2.40. The molecular weight excluding hydrogens is 423 g/mol. The van der Waals surface area contributed by atoms with Crippen LogP contribution >= 0.6 is 15.9 Å². The van der Waals surface area contributed by atoms with E-state index in [9.17, 15) is 17.6 Å². The molecule has 0 radical (unpaired) electrons. The van der Waals surface area contributed by atoms with Gasteiger partial charge in [0.15, 0.2) is 0 Å². The molecule has 0 saturated heterocycles. The lowest BCUT2D eigenvalue weighted by Crippen LogP contribution is -2.31. The second kappa shape index (κ2) is 8.28. The molecular formula is C18H20BrFN2O3S. The van der Waals surface area contributed by atoms with Crippen LogP contribution in [-0.4, -0.2) is 20.4 Å². The van der Waals surface area contributed by atoms with E-state index >= 15 is 0 Å². The van der Waals surface area contributed by atoms with Crippen molar-refractivity contribution in [3.63, 3.8) is 0 Å². The van der Waals surface area contributed by atoms with Crippen molar-refractivity contribution in [1.29, 1.82) is 0 Å². The first kappa shape index (κ1) is 20.5. The van der Waals surface area contributed by atoms with Crippen LogP contribution in [0.5, 0.6) is 0 Å². The SMILES string of the molecule is CC(C)NS(=O)(=O)c1ccc(F)c(C(=O)NC(C)c2ccccc2Br)c1. The summed E-state index contributed by atoms with van der Waals surface area (Å²) in [7, 11) is -3.82. The number of halogens is 2. The highest BCUT2D eigenvalue weighted by Gasteiger charge is 2.21. The number of rotatable bonds is 6. The fraction of sp³-hybridized carbons (Fsp3) is 0.278. The zero-order valence-electron chi connectivity index (χ0n) is 14.6. The van der Waals surface area contributed by atoms with Gasteiger partial charge in [-0.25, -0.2) is 17.5 Å². The van der Waals surface area contributed by atoms with Crippen LogP contribution in [0, 0.1) is 5.82 Å². The third kappa shape index (κ3) is 4.90. The monoisotopic (exact) mass is 442 g/mol. The van der Waals surface area contributed by atoms with Crippen molar-refractivity contribution in [2.45, 2.75) is 37.8 Å². The summed E-state index contributed by atoms with van der Waals surface area (Å²) in [6, 6.07) is 9.78. The average molecular weight is 443 g/mol. The minimum Gasteiger partial charge on any atom is -0.345 e. The predicted molar refractivity (Wildman–Crippen MR) is 102 cm³/mol. The number of hydrogen-bond acceptors (Lipinski definition) is 3. The molecule has 8 heteroatoms. The Balaban J connectivity index is 2.29. The number of amides is 1. The minimum atomic E-state index is -3.82. The molecule has 1 unspecified atom stereocenters. The van der Waals surface area contributed by atoms with Gasteiger partial charge in [-0.2, -0.15) is 0 Å². The maximum Gasteiger partial charge on any atom is 0.254 e. The summed E-state index contributed by atoms with van der Waals surface area (Å²) in [5.74, 6) is -1.47. The van der Waals surface area contributed by atoms with Gasteiger partial charge >= 0.3 is 0 Å². The molecule has 2 N–H and O–H groups in total. The Bertz CT molecular complexity index is 916. The van der Waals surface area contributed by atoms with Gasteiger partial charge in [0.2, 0.25) is 10.0 Å². The number of nitrogens with one attached hydrogen (secondary N) is 2. The van der Waals surface area contributed by atoms with Crippen molar-refractivity contribution in [2.75, 3.05) is 0 Å². The van der Waals surface area contributed by atoms with E-state index in [0.717, 1.165) is 28.2 Å². The van der Waals surface area contributed by atoms with Gasteiger partial charge in [-0.1, -0.05) is 34.1 Å².